The number of rotatable bonds is 5. The van der Waals surface area contributed by atoms with Gasteiger partial charge in [0.1, 0.15) is 0 Å². The average Bonchev–Trinajstić information content (AvgIpc) is 2.75. The summed E-state index contributed by atoms with van der Waals surface area (Å²) in [5.41, 5.74) is 1.68. The third-order valence-corrected chi connectivity index (χ3v) is 3.90. The Balaban J connectivity index is 1.91. The smallest absolute Gasteiger partial charge is 0.423 e. The summed E-state index contributed by atoms with van der Waals surface area (Å²) in [6, 6.07) is 8.15. The molecule has 1 fully saturated rings. The Morgan fingerprint density at radius 1 is 1.42 bits per heavy atom. The van der Waals surface area contributed by atoms with Gasteiger partial charge in [-0.15, -0.1) is 0 Å². The van der Waals surface area contributed by atoms with Crippen LogP contribution in [0.2, 0.25) is 0 Å². The number of nitrogens with zero attached hydrogens (tertiary/aromatic N) is 2. The van der Waals surface area contributed by atoms with Crippen LogP contribution in [-0.2, 0) is 6.54 Å². The van der Waals surface area contributed by atoms with E-state index in [1.165, 1.54) is 19.4 Å². The van der Waals surface area contributed by atoms with Crippen LogP contribution in [-0.4, -0.2) is 60.2 Å². The van der Waals surface area contributed by atoms with E-state index < -0.39 is 7.12 Å². The molecule has 0 aromatic heterocycles. The van der Waals surface area contributed by atoms with Crippen LogP contribution in [0.15, 0.2) is 24.3 Å². The van der Waals surface area contributed by atoms with Gasteiger partial charge in [-0.05, 0) is 44.5 Å². The van der Waals surface area contributed by atoms with Crippen LogP contribution in [0.5, 0.6) is 0 Å². The van der Waals surface area contributed by atoms with Gasteiger partial charge in [0, 0.05) is 19.1 Å². The van der Waals surface area contributed by atoms with E-state index in [1.807, 2.05) is 18.2 Å². The molecule has 0 radical (unpaired) electrons. The van der Waals surface area contributed by atoms with E-state index in [1.54, 1.807) is 6.07 Å². The molecule has 19 heavy (non-hydrogen) atoms. The van der Waals surface area contributed by atoms with E-state index in [-0.39, 0.29) is 0 Å². The minimum absolute atomic E-state index is 0.559. The Kier molecular flexibility index (Phi) is 4.99. The maximum absolute atomic E-state index is 9.18. The van der Waals surface area contributed by atoms with Gasteiger partial charge in [0.2, 0.25) is 0 Å². The highest BCUT2D eigenvalue weighted by molar-refractivity contribution is 6.58. The normalized spacial score (nSPS) is 20.2. The molecule has 2 rings (SSSR count). The SMILES string of the molecule is CN(Cc1cccc(B(O)O)c1)CC1CCCN1C. The molecule has 0 spiro atoms. The summed E-state index contributed by atoms with van der Waals surface area (Å²) in [4.78, 5) is 4.72. The molecule has 1 unspecified atom stereocenters. The zero-order valence-electron chi connectivity index (χ0n) is 11.8. The quantitative estimate of drug-likeness (QED) is 0.727. The molecule has 1 atom stereocenters. The first kappa shape index (κ1) is 14.5. The van der Waals surface area contributed by atoms with Crippen molar-refractivity contribution in [1.29, 1.82) is 0 Å². The largest absolute Gasteiger partial charge is 0.488 e. The summed E-state index contributed by atoms with van der Waals surface area (Å²) in [5.74, 6) is 0. The van der Waals surface area contributed by atoms with E-state index in [4.69, 9.17) is 0 Å². The van der Waals surface area contributed by atoms with Gasteiger partial charge in [-0.1, -0.05) is 24.3 Å². The highest BCUT2D eigenvalue weighted by Crippen LogP contribution is 2.16. The van der Waals surface area contributed by atoms with Gasteiger partial charge >= 0.3 is 7.12 Å². The van der Waals surface area contributed by atoms with Crippen LogP contribution in [0.25, 0.3) is 0 Å². The van der Waals surface area contributed by atoms with Gasteiger partial charge < -0.3 is 19.8 Å². The zero-order valence-corrected chi connectivity index (χ0v) is 11.8. The lowest BCUT2D eigenvalue weighted by molar-refractivity contribution is 0.215. The second-order valence-corrected chi connectivity index (χ2v) is 5.59. The van der Waals surface area contributed by atoms with Gasteiger partial charge in [0.05, 0.1) is 0 Å². The van der Waals surface area contributed by atoms with Crippen molar-refractivity contribution in [2.24, 2.45) is 0 Å². The molecule has 0 amide bonds. The van der Waals surface area contributed by atoms with E-state index in [0.717, 1.165) is 18.7 Å². The Bertz CT molecular complexity index is 414. The minimum Gasteiger partial charge on any atom is -0.423 e. The summed E-state index contributed by atoms with van der Waals surface area (Å²) in [7, 11) is 2.92. The van der Waals surface area contributed by atoms with E-state index in [2.05, 4.69) is 23.9 Å². The van der Waals surface area contributed by atoms with E-state index in [0.29, 0.717) is 11.5 Å². The van der Waals surface area contributed by atoms with Gasteiger partial charge in [0.25, 0.3) is 0 Å². The Morgan fingerprint density at radius 2 is 2.21 bits per heavy atom. The molecule has 0 bridgehead atoms. The number of hydrogen-bond donors (Lipinski definition) is 2. The molecular formula is C14H23BN2O2. The first-order valence-corrected chi connectivity index (χ1v) is 6.90. The fraction of sp³-hybridized carbons (Fsp3) is 0.571. The van der Waals surface area contributed by atoms with Crippen molar-refractivity contribution in [1.82, 2.24) is 9.80 Å². The molecule has 5 heteroatoms. The Labute approximate surface area is 115 Å². The van der Waals surface area contributed by atoms with Crippen LogP contribution in [0, 0.1) is 0 Å². The lowest BCUT2D eigenvalue weighted by Crippen LogP contribution is -2.36. The van der Waals surface area contributed by atoms with Crippen molar-refractivity contribution in [3.05, 3.63) is 29.8 Å². The zero-order chi connectivity index (χ0) is 13.8. The topological polar surface area (TPSA) is 46.9 Å². The maximum Gasteiger partial charge on any atom is 0.488 e. The van der Waals surface area contributed by atoms with Gasteiger partial charge in [-0.2, -0.15) is 0 Å². The molecule has 2 N–H and O–H groups in total. The molecule has 0 aliphatic carbocycles. The number of benzene rings is 1. The van der Waals surface area contributed by atoms with Crippen molar-refractivity contribution >= 4 is 12.6 Å². The number of likely N-dealkylation sites (N-methyl/N-ethyl adjacent to an activating group) is 2. The molecule has 0 saturated carbocycles. The van der Waals surface area contributed by atoms with Gasteiger partial charge in [0.15, 0.2) is 0 Å². The van der Waals surface area contributed by atoms with Crippen LogP contribution >= 0.6 is 0 Å². The second-order valence-electron chi connectivity index (χ2n) is 5.59. The van der Waals surface area contributed by atoms with E-state index >= 15 is 0 Å². The molecule has 1 aromatic rings. The third-order valence-electron chi connectivity index (χ3n) is 3.90. The molecule has 4 nitrogen and oxygen atoms in total. The molecular weight excluding hydrogens is 239 g/mol. The van der Waals surface area contributed by atoms with Crippen molar-refractivity contribution in [3.8, 4) is 0 Å². The highest BCUT2D eigenvalue weighted by Gasteiger charge is 2.22. The second kappa shape index (κ2) is 6.52. The predicted molar refractivity (Wildman–Crippen MR) is 78.3 cm³/mol. The first-order valence-electron chi connectivity index (χ1n) is 6.90. The summed E-state index contributed by atoms with van der Waals surface area (Å²) < 4.78 is 0. The molecule has 104 valence electrons. The fourth-order valence-electron chi connectivity index (χ4n) is 2.80. The van der Waals surface area contributed by atoms with Crippen LogP contribution in [0.4, 0.5) is 0 Å². The molecule has 1 saturated heterocycles. The molecule has 1 heterocycles. The van der Waals surface area contributed by atoms with Crippen LogP contribution < -0.4 is 5.46 Å². The predicted octanol–water partition coefficient (Wildman–Crippen LogP) is -0.108. The Hall–Kier alpha value is -0.875. The fourth-order valence-corrected chi connectivity index (χ4v) is 2.80. The number of hydrogen-bond acceptors (Lipinski definition) is 4. The standard InChI is InChI=1S/C14H23BN2O2/c1-16(11-14-7-4-8-17(14)2)10-12-5-3-6-13(9-12)15(18)19/h3,5-6,9,14,18-19H,4,7-8,10-11H2,1-2H3. The summed E-state index contributed by atoms with van der Waals surface area (Å²) >= 11 is 0. The lowest BCUT2D eigenvalue weighted by Gasteiger charge is -2.25. The maximum atomic E-state index is 9.18. The molecule has 1 aliphatic heterocycles. The van der Waals surface area contributed by atoms with Gasteiger partial charge in [-0.3, -0.25) is 0 Å². The minimum atomic E-state index is -1.38. The molecule has 1 aliphatic rings. The lowest BCUT2D eigenvalue weighted by atomic mass is 9.79. The summed E-state index contributed by atoms with van der Waals surface area (Å²) in [6.45, 7) is 3.10. The average molecular weight is 262 g/mol. The van der Waals surface area contributed by atoms with Crippen molar-refractivity contribution < 1.29 is 10.0 Å². The summed E-state index contributed by atoms with van der Waals surface area (Å²) in [5, 5.41) is 18.4. The van der Waals surface area contributed by atoms with Gasteiger partial charge in [-0.25, -0.2) is 0 Å². The molecule has 1 aromatic carbocycles. The van der Waals surface area contributed by atoms with Crippen molar-refractivity contribution in [2.75, 3.05) is 27.2 Å². The Morgan fingerprint density at radius 3 is 2.84 bits per heavy atom. The third kappa shape index (κ3) is 4.04. The van der Waals surface area contributed by atoms with Crippen LogP contribution in [0.1, 0.15) is 18.4 Å². The van der Waals surface area contributed by atoms with Crippen molar-refractivity contribution in [3.63, 3.8) is 0 Å². The van der Waals surface area contributed by atoms with E-state index in [9.17, 15) is 10.0 Å². The summed E-state index contributed by atoms with van der Waals surface area (Å²) in [6.07, 6.45) is 2.57. The number of likely N-dealkylation sites (tertiary alicyclic amines) is 1. The van der Waals surface area contributed by atoms with Crippen LogP contribution in [0.3, 0.4) is 0 Å². The highest BCUT2D eigenvalue weighted by atomic mass is 16.4. The monoisotopic (exact) mass is 262 g/mol. The first-order chi connectivity index (χ1) is 9.06. The van der Waals surface area contributed by atoms with Crippen molar-refractivity contribution in [2.45, 2.75) is 25.4 Å².